The predicted octanol–water partition coefficient (Wildman–Crippen LogP) is 4.99. The molecule has 1 aliphatic heterocycles. The molecule has 3 rings (SSSR count). The number of halogens is 1. The fourth-order valence-corrected chi connectivity index (χ4v) is 3.82. The van der Waals surface area contributed by atoms with Gasteiger partial charge in [0.25, 0.3) is 0 Å². The molecule has 24 heavy (non-hydrogen) atoms. The van der Waals surface area contributed by atoms with Crippen LogP contribution in [0.15, 0.2) is 30.3 Å². The van der Waals surface area contributed by atoms with Crippen LogP contribution in [-0.4, -0.2) is 22.7 Å². The van der Waals surface area contributed by atoms with E-state index in [1.807, 2.05) is 51.1 Å². The summed E-state index contributed by atoms with van der Waals surface area (Å²) in [5.41, 5.74) is 2.23. The molecule has 0 aliphatic carbocycles. The number of carbonyl (C=O) groups excluding carboxylic acids is 1. The quantitative estimate of drug-likeness (QED) is 0.470. The van der Waals surface area contributed by atoms with E-state index in [1.54, 1.807) is 4.90 Å². The monoisotopic (exact) mass is 434 g/mol. The minimum absolute atomic E-state index is 0.268. The lowest BCUT2D eigenvalue weighted by Gasteiger charge is -2.25. The number of anilines is 1. The Morgan fingerprint density at radius 2 is 2.12 bits per heavy atom. The topological polar surface area (TPSA) is 53.3 Å². The van der Waals surface area contributed by atoms with Gasteiger partial charge in [0.2, 0.25) is 0 Å². The highest BCUT2D eigenvalue weighted by atomic mass is 127. The van der Waals surface area contributed by atoms with Gasteiger partial charge < -0.3 is 4.74 Å². The minimum atomic E-state index is -0.516. The van der Waals surface area contributed by atoms with Crippen LogP contribution in [-0.2, 0) is 4.74 Å². The Morgan fingerprint density at radius 3 is 2.75 bits per heavy atom. The van der Waals surface area contributed by atoms with E-state index in [4.69, 9.17) is 10.00 Å². The van der Waals surface area contributed by atoms with Crippen LogP contribution >= 0.6 is 22.6 Å². The van der Waals surface area contributed by atoms with Gasteiger partial charge in [-0.25, -0.2) is 4.79 Å². The normalized spacial score (nSPS) is 16.8. The smallest absolute Gasteiger partial charge is 0.414 e. The average molecular weight is 434 g/mol. The van der Waals surface area contributed by atoms with Crippen LogP contribution in [0.2, 0.25) is 0 Å². The van der Waals surface area contributed by atoms with Crippen molar-refractivity contribution < 1.29 is 9.53 Å². The van der Waals surface area contributed by atoms with Crippen LogP contribution in [0, 0.1) is 11.3 Å². The molecule has 2 aromatic rings. The highest BCUT2D eigenvalue weighted by Gasteiger charge is 2.35. The second-order valence-corrected chi connectivity index (χ2v) is 7.87. The van der Waals surface area contributed by atoms with E-state index in [-0.39, 0.29) is 12.0 Å². The number of alkyl halides is 1. The van der Waals surface area contributed by atoms with Gasteiger partial charge in [0.05, 0.1) is 17.3 Å². The zero-order valence-corrected chi connectivity index (χ0v) is 16.1. The van der Waals surface area contributed by atoms with Crippen LogP contribution < -0.4 is 4.90 Å². The summed E-state index contributed by atoms with van der Waals surface area (Å²) in [6.45, 7) is 6.26. The molecule has 124 valence electrons. The molecule has 0 aromatic heterocycles. The van der Waals surface area contributed by atoms with Gasteiger partial charge in [-0.3, -0.25) is 4.90 Å². The summed E-state index contributed by atoms with van der Waals surface area (Å²) < 4.78 is 6.48. The number of carbonyl (C=O) groups is 1. The summed E-state index contributed by atoms with van der Waals surface area (Å²) >= 11 is 2.36. The Balaban J connectivity index is 2.09. The first-order valence-electron chi connectivity index (χ1n) is 7.87. The molecule has 0 saturated heterocycles. The minimum Gasteiger partial charge on any atom is -0.443 e. The van der Waals surface area contributed by atoms with Crippen molar-refractivity contribution >= 4 is 45.1 Å². The number of ether oxygens (including phenoxy) is 1. The number of nitrogens with zero attached hydrogens (tertiary/aromatic N) is 2. The molecule has 1 aliphatic rings. The van der Waals surface area contributed by atoms with Crippen molar-refractivity contribution in [1.29, 1.82) is 5.26 Å². The highest BCUT2D eigenvalue weighted by Crippen LogP contribution is 2.42. The zero-order chi connectivity index (χ0) is 17.5. The van der Waals surface area contributed by atoms with Gasteiger partial charge in [0, 0.05) is 16.9 Å². The lowest BCUT2D eigenvalue weighted by atomic mass is 9.95. The van der Waals surface area contributed by atoms with Crippen molar-refractivity contribution in [2.24, 2.45) is 0 Å². The predicted molar refractivity (Wildman–Crippen MR) is 104 cm³/mol. The molecule has 0 spiro atoms. The first-order chi connectivity index (χ1) is 11.3. The Kier molecular flexibility index (Phi) is 4.43. The van der Waals surface area contributed by atoms with Gasteiger partial charge in [-0.05, 0) is 55.3 Å². The summed E-state index contributed by atoms with van der Waals surface area (Å²) in [5, 5.41) is 11.2. The Bertz CT molecular complexity index is 849. The number of rotatable bonds is 1. The van der Waals surface area contributed by atoms with E-state index >= 15 is 0 Å². The molecule has 0 radical (unpaired) electrons. The third-order valence-electron chi connectivity index (χ3n) is 4.07. The molecule has 0 fully saturated rings. The fraction of sp³-hybridized carbons (Fsp3) is 0.368. The molecule has 1 amide bonds. The van der Waals surface area contributed by atoms with Crippen molar-refractivity contribution in [2.45, 2.75) is 32.3 Å². The van der Waals surface area contributed by atoms with Gasteiger partial charge in [-0.1, -0.05) is 34.7 Å². The molecular formula is C19H19IN2O2. The highest BCUT2D eigenvalue weighted by molar-refractivity contribution is 14.1. The molecule has 0 N–H and O–H groups in total. The average Bonchev–Trinajstić information content (AvgIpc) is 2.91. The van der Waals surface area contributed by atoms with Gasteiger partial charge in [0.15, 0.2) is 0 Å². The second-order valence-electron chi connectivity index (χ2n) is 6.99. The van der Waals surface area contributed by atoms with E-state index in [0.717, 1.165) is 20.9 Å². The maximum Gasteiger partial charge on any atom is 0.414 e. The maximum absolute atomic E-state index is 12.6. The molecule has 1 unspecified atom stereocenters. The van der Waals surface area contributed by atoms with E-state index in [2.05, 4.69) is 28.7 Å². The standard InChI is InChI=1S/C19H19IN2O2/c1-19(2,3)24-18(23)22-11-14(9-20)17-15-6-4-12(10-21)8-13(15)5-7-16(17)22/h4-8,14H,9,11H2,1-3H3. The third-order valence-corrected chi connectivity index (χ3v) is 5.13. The number of amides is 1. The molecule has 0 saturated carbocycles. The van der Waals surface area contributed by atoms with Crippen molar-refractivity contribution in [3.05, 3.63) is 41.5 Å². The van der Waals surface area contributed by atoms with Crippen molar-refractivity contribution in [1.82, 2.24) is 0 Å². The summed E-state index contributed by atoms with van der Waals surface area (Å²) in [6, 6.07) is 11.8. The van der Waals surface area contributed by atoms with Crippen molar-refractivity contribution in [3.8, 4) is 6.07 Å². The van der Waals surface area contributed by atoms with E-state index in [0.29, 0.717) is 12.1 Å². The van der Waals surface area contributed by atoms with Crippen LogP contribution in [0.3, 0.4) is 0 Å². The Labute approximate surface area is 155 Å². The fourth-order valence-electron chi connectivity index (χ4n) is 3.10. The first kappa shape index (κ1) is 17.0. The molecule has 0 bridgehead atoms. The molecule has 1 heterocycles. The van der Waals surface area contributed by atoms with Gasteiger partial charge in [-0.15, -0.1) is 0 Å². The largest absolute Gasteiger partial charge is 0.443 e. The van der Waals surface area contributed by atoms with Crippen LogP contribution in [0.25, 0.3) is 10.8 Å². The summed E-state index contributed by atoms with van der Waals surface area (Å²) in [6.07, 6.45) is -0.302. The third kappa shape index (κ3) is 3.07. The number of hydrogen-bond acceptors (Lipinski definition) is 3. The van der Waals surface area contributed by atoms with Crippen LogP contribution in [0.5, 0.6) is 0 Å². The molecule has 1 atom stereocenters. The molecule has 2 aromatic carbocycles. The molecule has 4 nitrogen and oxygen atoms in total. The number of hydrogen-bond donors (Lipinski definition) is 0. The van der Waals surface area contributed by atoms with E-state index in [1.165, 1.54) is 5.56 Å². The zero-order valence-electron chi connectivity index (χ0n) is 14.0. The Morgan fingerprint density at radius 1 is 1.38 bits per heavy atom. The maximum atomic E-state index is 12.6. The number of benzene rings is 2. The number of nitriles is 1. The lowest BCUT2D eigenvalue weighted by Crippen LogP contribution is -2.36. The van der Waals surface area contributed by atoms with Crippen LogP contribution in [0.1, 0.15) is 37.8 Å². The molecule has 5 heteroatoms. The lowest BCUT2D eigenvalue weighted by molar-refractivity contribution is 0.0582. The summed E-state index contributed by atoms with van der Waals surface area (Å²) in [5.74, 6) is 0.268. The first-order valence-corrected chi connectivity index (χ1v) is 9.40. The SMILES string of the molecule is CC(C)(C)OC(=O)N1CC(CI)c2c1ccc1cc(C#N)ccc21. The summed E-state index contributed by atoms with van der Waals surface area (Å²) in [7, 11) is 0. The van der Waals surface area contributed by atoms with E-state index < -0.39 is 5.60 Å². The Hall–Kier alpha value is -1.81. The van der Waals surface area contributed by atoms with Crippen LogP contribution in [0.4, 0.5) is 10.5 Å². The van der Waals surface area contributed by atoms with Gasteiger partial charge in [0.1, 0.15) is 5.60 Å². The van der Waals surface area contributed by atoms with Gasteiger partial charge >= 0.3 is 6.09 Å². The van der Waals surface area contributed by atoms with E-state index in [9.17, 15) is 4.79 Å². The van der Waals surface area contributed by atoms with Crippen molar-refractivity contribution in [2.75, 3.05) is 15.9 Å². The second kappa shape index (κ2) is 6.25. The van der Waals surface area contributed by atoms with Gasteiger partial charge in [-0.2, -0.15) is 5.26 Å². The van der Waals surface area contributed by atoms with Crippen molar-refractivity contribution in [3.63, 3.8) is 0 Å². The summed E-state index contributed by atoms with van der Waals surface area (Å²) in [4.78, 5) is 14.3. The number of fused-ring (bicyclic) bond motifs is 3. The molecular weight excluding hydrogens is 415 g/mol.